The third-order valence-corrected chi connectivity index (χ3v) is 4.73. The second kappa shape index (κ2) is 10.1. The van der Waals surface area contributed by atoms with Gasteiger partial charge in [-0.15, -0.1) is 0 Å². The highest BCUT2D eigenvalue weighted by Gasteiger charge is 2.15. The van der Waals surface area contributed by atoms with Crippen molar-refractivity contribution >= 4 is 17.9 Å². The van der Waals surface area contributed by atoms with E-state index in [1.54, 1.807) is 48.9 Å². The van der Waals surface area contributed by atoms with Gasteiger partial charge in [0.2, 0.25) is 0 Å². The van der Waals surface area contributed by atoms with Crippen molar-refractivity contribution in [1.29, 1.82) is 0 Å². The minimum Gasteiger partial charge on any atom is -0.465 e. The molecule has 0 bridgehead atoms. The van der Waals surface area contributed by atoms with Gasteiger partial charge in [0.15, 0.2) is 0 Å². The first kappa shape index (κ1) is 20.9. The molecule has 0 aliphatic heterocycles. The molecule has 7 heteroatoms. The van der Waals surface area contributed by atoms with Gasteiger partial charge in [0.1, 0.15) is 11.5 Å². The topological polar surface area (TPSA) is 89.2 Å². The van der Waals surface area contributed by atoms with Crippen LogP contribution in [0.1, 0.15) is 27.2 Å². The van der Waals surface area contributed by atoms with E-state index in [1.807, 2.05) is 41.1 Å². The van der Waals surface area contributed by atoms with Crippen molar-refractivity contribution < 1.29 is 14.0 Å². The molecule has 7 nitrogen and oxygen atoms in total. The number of hydrogen-bond acceptors (Lipinski definition) is 4. The lowest BCUT2D eigenvalue weighted by molar-refractivity contribution is -0.117. The molecule has 0 saturated carbocycles. The molecule has 2 amide bonds. The van der Waals surface area contributed by atoms with E-state index in [2.05, 4.69) is 15.6 Å². The maximum absolute atomic E-state index is 12.9. The fourth-order valence-corrected chi connectivity index (χ4v) is 3.16. The molecule has 2 aromatic carbocycles. The van der Waals surface area contributed by atoms with Gasteiger partial charge in [0.05, 0.1) is 12.6 Å². The first-order chi connectivity index (χ1) is 15.7. The second-order valence-electron chi connectivity index (χ2n) is 7.13. The van der Waals surface area contributed by atoms with Crippen LogP contribution in [0.4, 0.5) is 0 Å². The maximum Gasteiger partial charge on any atom is 0.268 e. The van der Waals surface area contributed by atoms with E-state index in [0.717, 1.165) is 11.1 Å². The van der Waals surface area contributed by atoms with E-state index >= 15 is 0 Å². The number of carbonyl (C=O) groups is 2. The van der Waals surface area contributed by atoms with Crippen molar-refractivity contribution in [3.8, 4) is 0 Å². The minimum atomic E-state index is -0.411. The maximum atomic E-state index is 12.9. The van der Waals surface area contributed by atoms with Gasteiger partial charge in [-0.05, 0) is 35.4 Å². The summed E-state index contributed by atoms with van der Waals surface area (Å²) in [7, 11) is 0. The number of nitrogens with zero attached hydrogens (tertiary/aromatic N) is 2. The molecule has 0 atom stereocenters. The van der Waals surface area contributed by atoms with Crippen LogP contribution in [-0.2, 0) is 17.9 Å². The van der Waals surface area contributed by atoms with Crippen LogP contribution in [0.15, 0.2) is 102 Å². The van der Waals surface area contributed by atoms with Gasteiger partial charge in [0.25, 0.3) is 11.8 Å². The zero-order valence-electron chi connectivity index (χ0n) is 17.3. The summed E-state index contributed by atoms with van der Waals surface area (Å²) >= 11 is 0. The number of nitrogens with one attached hydrogen (secondary N) is 2. The summed E-state index contributed by atoms with van der Waals surface area (Å²) in [5.41, 5.74) is 2.60. The molecule has 4 aromatic rings. The van der Waals surface area contributed by atoms with Gasteiger partial charge < -0.3 is 19.6 Å². The van der Waals surface area contributed by atoms with Crippen molar-refractivity contribution in [2.75, 3.05) is 0 Å². The van der Waals surface area contributed by atoms with Gasteiger partial charge in [-0.2, -0.15) is 0 Å². The number of hydrogen-bond donors (Lipinski definition) is 2. The van der Waals surface area contributed by atoms with Crippen molar-refractivity contribution in [2.45, 2.75) is 13.1 Å². The fourth-order valence-electron chi connectivity index (χ4n) is 3.16. The Morgan fingerprint density at radius 2 is 1.84 bits per heavy atom. The molecule has 0 radical (unpaired) electrons. The molecular weight excluding hydrogens is 404 g/mol. The Morgan fingerprint density at radius 1 is 1.00 bits per heavy atom. The van der Waals surface area contributed by atoms with E-state index in [1.165, 1.54) is 12.3 Å². The third kappa shape index (κ3) is 5.60. The van der Waals surface area contributed by atoms with Crippen LogP contribution < -0.4 is 10.6 Å². The van der Waals surface area contributed by atoms with Gasteiger partial charge in [-0.1, -0.05) is 42.5 Å². The Balaban J connectivity index is 1.45. The summed E-state index contributed by atoms with van der Waals surface area (Å²) in [6.07, 6.45) is 8.41. The molecule has 2 heterocycles. The summed E-state index contributed by atoms with van der Waals surface area (Å²) in [5.74, 6) is -0.322. The lowest BCUT2D eigenvalue weighted by Gasteiger charge is -2.12. The number of benzene rings is 2. The molecule has 4 rings (SSSR count). The molecule has 0 aliphatic rings. The number of imidazole rings is 1. The van der Waals surface area contributed by atoms with Crippen molar-refractivity contribution in [3.05, 3.63) is 120 Å². The zero-order chi connectivity index (χ0) is 22.2. The van der Waals surface area contributed by atoms with Crippen LogP contribution in [0, 0.1) is 0 Å². The smallest absolute Gasteiger partial charge is 0.268 e. The molecular formula is C25H22N4O3. The van der Waals surface area contributed by atoms with Crippen molar-refractivity contribution in [2.24, 2.45) is 0 Å². The van der Waals surface area contributed by atoms with Crippen LogP contribution in [0.5, 0.6) is 0 Å². The highest BCUT2D eigenvalue weighted by Crippen LogP contribution is 2.10. The van der Waals surface area contributed by atoms with Crippen molar-refractivity contribution in [3.63, 3.8) is 0 Å². The lowest BCUT2D eigenvalue weighted by atomic mass is 10.1. The van der Waals surface area contributed by atoms with Gasteiger partial charge in [-0.3, -0.25) is 9.59 Å². The van der Waals surface area contributed by atoms with Gasteiger partial charge >= 0.3 is 0 Å². The fraction of sp³-hybridized carbons (Fsp3) is 0.0800. The minimum absolute atomic E-state index is 0.100. The average Bonchev–Trinajstić information content (AvgIpc) is 3.52. The Hall–Kier alpha value is -4.39. The Morgan fingerprint density at radius 3 is 2.59 bits per heavy atom. The molecule has 2 N–H and O–H groups in total. The van der Waals surface area contributed by atoms with Crippen molar-refractivity contribution in [1.82, 2.24) is 20.2 Å². The van der Waals surface area contributed by atoms with E-state index in [4.69, 9.17) is 4.42 Å². The summed E-state index contributed by atoms with van der Waals surface area (Å²) in [6, 6.07) is 20.1. The number of amides is 2. The summed E-state index contributed by atoms with van der Waals surface area (Å²) in [6.45, 7) is 1.01. The van der Waals surface area contributed by atoms with Crippen LogP contribution in [0.2, 0.25) is 0 Å². The van der Waals surface area contributed by atoms with E-state index in [0.29, 0.717) is 24.4 Å². The van der Waals surface area contributed by atoms with Crippen LogP contribution in [0.3, 0.4) is 0 Å². The molecule has 32 heavy (non-hydrogen) atoms. The SMILES string of the molecule is O=C(NCc1cccc(Cn2ccnc2)c1)C(=Cc1ccco1)NC(=O)c1ccccc1. The van der Waals surface area contributed by atoms with E-state index in [-0.39, 0.29) is 11.6 Å². The highest BCUT2D eigenvalue weighted by atomic mass is 16.3. The predicted octanol–water partition coefficient (Wildman–Crippen LogP) is 3.61. The molecule has 0 spiro atoms. The van der Waals surface area contributed by atoms with Crippen LogP contribution in [0.25, 0.3) is 6.08 Å². The molecule has 2 aromatic heterocycles. The summed E-state index contributed by atoms with van der Waals surface area (Å²) in [4.78, 5) is 29.5. The zero-order valence-corrected chi connectivity index (χ0v) is 17.3. The predicted molar refractivity (Wildman–Crippen MR) is 120 cm³/mol. The number of aromatic nitrogens is 2. The Bertz CT molecular complexity index is 1200. The quantitative estimate of drug-likeness (QED) is 0.421. The number of rotatable bonds is 8. The second-order valence-corrected chi connectivity index (χ2v) is 7.13. The van der Waals surface area contributed by atoms with E-state index in [9.17, 15) is 9.59 Å². The largest absolute Gasteiger partial charge is 0.465 e. The normalized spacial score (nSPS) is 11.2. The monoisotopic (exact) mass is 426 g/mol. The first-order valence-electron chi connectivity index (χ1n) is 10.1. The molecule has 0 unspecified atom stereocenters. The molecule has 0 aliphatic carbocycles. The molecule has 0 saturated heterocycles. The number of furan rings is 1. The average molecular weight is 426 g/mol. The summed E-state index contributed by atoms with van der Waals surface area (Å²) in [5, 5.41) is 5.56. The molecule has 160 valence electrons. The third-order valence-electron chi connectivity index (χ3n) is 4.73. The lowest BCUT2D eigenvalue weighted by Crippen LogP contribution is -2.34. The highest BCUT2D eigenvalue weighted by molar-refractivity contribution is 6.05. The van der Waals surface area contributed by atoms with Gasteiger partial charge in [-0.25, -0.2) is 4.98 Å². The number of carbonyl (C=O) groups excluding carboxylic acids is 2. The van der Waals surface area contributed by atoms with E-state index < -0.39 is 5.91 Å². The summed E-state index contributed by atoms with van der Waals surface area (Å²) < 4.78 is 7.29. The Kier molecular flexibility index (Phi) is 6.57. The first-order valence-corrected chi connectivity index (χ1v) is 10.1. The van der Waals surface area contributed by atoms with Gasteiger partial charge in [0, 0.05) is 37.1 Å². The Labute approximate surface area is 185 Å². The standard InChI is InChI=1S/C25H22N4O3/c30-24(21-8-2-1-3-9-21)28-23(15-22-10-5-13-32-22)25(31)27-16-19-6-4-7-20(14-19)17-29-12-11-26-18-29/h1-15,18H,16-17H2,(H,27,31)(H,28,30). The van der Waals surface area contributed by atoms with Crippen LogP contribution >= 0.6 is 0 Å². The van der Waals surface area contributed by atoms with Crippen LogP contribution in [-0.4, -0.2) is 21.4 Å². The molecule has 0 fully saturated rings.